The molecule has 9 heteroatoms. The standard InChI is InChI=1S/C25H31N5O4/c31-22(32)14-20(18-13-21-24(28-15-18)27-10-12-34-21)30-11-8-17(25(30)33)3-1-5-19-7-6-16-4-2-9-26-23(16)29-19/h6-7,13,15,17,20H,1-5,8-12,14H2,(H,26,29)(H,27,28)(H,31,32)/t17?,20-/m0/s1. The van der Waals surface area contributed by atoms with Crippen molar-refractivity contribution in [1.82, 2.24) is 14.9 Å². The van der Waals surface area contributed by atoms with Gasteiger partial charge in [0.2, 0.25) is 5.91 Å². The number of rotatable bonds is 8. The number of hydrogen-bond acceptors (Lipinski definition) is 7. The topological polar surface area (TPSA) is 117 Å². The van der Waals surface area contributed by atoms with E-state index in [0.29, 0.717) is 36.8 Å². The molecule has 1 amide bonds. The fourth-order valence-electron chi connectivity index (χ4n) is 5.17. The van der Waals surface area contributed by atoms with Crippen molar-refractivity contribution in [3.8, 4) is 5.75 Å². The van der Waals surface area contributed by atoms with Gasteiger partial charge in [0.05, 0.1) is 19.0 Å². The Kier molecular flexibility index (Phi) is 6.51. The number of ether oxygens (including phenoxy) is 1. The molecule has 0 bridgehead atoms. The molecule has 0 radical (unpaired) electrons. The summed E-state index contributed by atoms with van der Waals surface area (Å²) < 4.78 is 5.67. The van der Waals surface area contributed by atoms with E-state index in [1.807, 2.05) is 6.07 Å². The Hall–Kier alpha value is -3.36. The number of aryl methyl sites for hydroxylation is 2. The second kappa shape index (κ2) is 9.87. The maximum Gasteiger partial charge on any atom is 0.305 e. The molecule has 3 aliphatic rings. The lowest BCUT2D eigenvalue weighted by Crippen LogP contribution is -2.33. The van der Waals surface area contributed by atoms with E-state index in [2.05, 4.69) is 27.8 Å². The quantitative estimate of drug-likeness (QED) is 0.545. The minimum Gasteiger partial charge on any atom is -0.488 e. The summed E-state index contributed by atoms with van der Waals surface area (Å²) in [7, 11) is 0. The molecular formula is C25H31N5O4. The normalized spacial score (nSPS) is 19.9. The predicted octanol–water partition coefficient (Wildman–Crippen LogP) is 3.03. The highest BCUT2D eigenvalue weighted by molar-refractivity contribution is 5.82. The minimum atomic E-state index is -0.940. The van der Waals surface area contributed by atoms with Gasteiger partial charge in [-0.05, 0) is 61.8 Å². The van der Waals surface area contributed by atoms with E-state index in [0.717, 1.165) is 56.6 Å². The van der Waals surface area contributed by atoms with Crippen LogP contribution in [0.3, 0.4) is 0 Å². The molecule has 3 N–H and O–H groups in total. The van der Waals surface area contributed by atoms with Crippen molar-refractivity contribution in [2.45, 2.75) is 51.0 Å². The molecule has 2 aromatic rings. The van der Waals surface area contributed by atoms with Crippen LogP contribution < -0.4 is 15.4 Å². The molecule has 0 spiro atoms. The van der Waals surface area contributed by atoms with Crippen LogP contribution in [0.25, 0.3) is 0 Å². The maximum atomic E-state index is 13.3. The van der Waals surface area contributed by atoms with E-state index in [1.54, 1.807) is 11.1 Å². The summed E-state index contributed by atoms with van der Waals surface area (Å²) in [5.41, 5.74) is 3.02. The third kappa shape index (κ3) is 4.78. The Labute approximate surface area is 198 Å². The number of aliphatic carboxylic acids is 1. The summed E-state index contributed by atoms with van der Waals surface area (Å²) in [5, 5.41) is 16.1. The molecule has 3 aliphatic heterocycles. The van der Waals surface area contributed by atoms with E-state index < -0.39 is 12.0 Å². The van der Waals surface area contributed by atoms with Gasteiger partial charge in [0.25, 0.3) is 0 Å². The van der Waals surface area contributed by atoms with Crippen LogP contribution in [-0.4, -0.2) is 58.1 Å². The molecule has 180 valence electrons. The summed E-state index contributed by atoms with van der Waals surface area (Å²) in [6.45, 7) is 2.73. The van der Waals surface area contributed by atoms with Crippen molar-refractivity contribution in [1.29, 1.82) is 0 Å². The number of nitrogens with zero attached hydrogens (tertiary/aromatic N) is 3. The van der Waals surface area contributed by atoms with Crippen molar-refractivity contribution in [3.63, 3.8) is 0 Å². The zero-order chi connectivity index (χ0) is 23.5. The number of carbonyl (C=O) groups excluding carboxylic acids is 1. The number of fused-ring (bicyclic) bond motifs is 2. The van der Waals surface area contributed by atoms with Crippen molar-refractivity contribution >= 4 is 23.5 Å². The fraction of sp³-hybridized carbons (Fsp3) is 0.520. The lowest BCUT2D eigenvalue weighted by molar-refractivity contribution is -0.140. The molecule has 0 saturated carbocycles. The Bertz CT molecular complexity index is 1080. The molecule has 0 aromatic carbocycles. The van der Waals surface area contributed by atoms with Gasteiger partial charge in [-0.15, -0.1) is 0 Å². The number of aromatic nitrogens is 2. The highest BCUT2D eigenvalue weighted by Gasteiger charge is 2.37. The molecule has 1 fully saturated rings. The largest absolute Gasteiger partial charge is 0.488 e. The number of carbonyl (C=O) groups is 2. The first kappa shape index (κ1) is 22.4. The van der Waals surface area contributed by atoms with Gasteiger partial charge in [-0.2, -0.15) is 0 Å². The zero-order valence-electron chi connectivity index (χ0n) is 19.3. The average molecular weight is 466 g/mol. The molecule has 34 heavy (non-hydrogen) atoms. The number of hydrogen-bond donors (Lipinski definition) is 3. The summed E-state index contributed by atoms with van der Waals surface area (Å²) in [4.78, 5) is 35.8. The van der Waals surface area contributed by atoms with E-state index in [9.17, 15) is 14.7 Å². The number of pyridine rings is 2. The van der Waals surface area contributed by atoms with E-state index >= 15 is 0 Å². The van der Waals surface area contributed by atoms with Gasteiger partial charge < -0.3 is 25.4 Å². The molecule has 2 atom stereocenters. The van der Waals surface area contributed by atoms with Crippen molar-refractivity contribution in [3.05, 3.63) is 41.2 Å². The molecule has 2 aromatic heterocycles. The van der Waals surface area contributed by atoms with Crippen LogP contribution in [-0.2, 0) is 22.4 Å². The third-order valence-corrected chi connectivity index (χ3v) is 6.94. The molecule has 5 heterocycles. The average Bonchev–Trinajstić information content (AvgIpc) is 3.22. The van der Waals surface area contributed by atoms with E-state index in [4.69, 9.17) is 9.72 Å². The van der Waals surface area contributed by atoms with Crippen molar-refractivity contribution < 1.29 is 19.4 Å². The number of carboxylic acid groups (broad SMARTS) is 1. The SMILES string of the molecule is O=C(O)C[C@@H](c1cnc2c(c1)OCCN2)N1CCC(CCCc2ccc3c(n2)NCCC3)C1=O. The lowest BCUT2D eigenvalue weighted by Gasteiger charge is -2.28. The molecular weight excluding hydrogens is 434 g/mol. The van der Waals surface area contributed by atoms with Crippen molar-refractivity contribution in [2.24, 2.45) is 5.92 Å². The molecule has 9 nitrogen and oxygen atoms in total. The molecule has 0 aliphatic carbocycles. The lowest BCUT2D eigenvalue weighted by atomic mass is 9.98. The highest BCUT2D eigenvalue weighted by atomic mass is 16.5. The first-order valence-corrected chi connectivity index (χ1v) is 12.2. The van der Waals surface area contributed by atoms with Crippen LogP contribution in [0.15, 0.2) is 24.4 Å². The number of likely N-dealkylation sites (tertiary alicyclic amines) is 1. The molecule has 1 saturated heterocycles. The van der Waals surface area contributed by atoms with Crippen molar-refractivity contribution in [2.75, 3.05) is 36.9 Å². The summed E-state index contributed by atoms with van der Waals surface area (Å²) in [6.07, 6.45) is 6.94. The number of anilines is 2. The number of amides is 1. The van der Waals surface area contributed by atoms with Crippen LogP contribution in [0.4, 0.5) is 11.6 Å². The summed E-state index contributed by atoms with van der Waals surface area (Å²) in [6, 6.07) is 5.52. The van der Waals surface area contributed by atoms with Crippen LogP contribution in [0.1, 0.15) is 55.0 Å². The fourth-order valence-corrected chi connectivity index (χ4v) is 5.17. The smallest absolute Gasteiger partial charge is 0.305 e. The molecule has 1 unspecified atom stereocenters. The number of carboxylic acids is 1. The van der Waals surface area contributed by atoms with E-state index in [-0.39, 0.29) is 18.2 Å². The zero-order valence-corrected chi connectivity index (χ0v) is 19.3. The Balaban J connectivity index is 1.22. The second-order valence-corrected chi connectivity index (χ2v) is 9.25. The monoisotopic (exact) mass is 465 g/mol. The Morgan fingerprint density at radius 3 is 3.03 bits per heavy atom. The first-order valence-electron chi connectivity index (χ1n) is 12.2. The molecule has 5 rings (SSSR count). The van der Waals surface area contributed by atoms with Gasteiger partial charge in [0.15, 0.2) is 11.6 Å². The van der Waals surface area contributed by atoms with Crippen LogP contribution >= 0.6 is 0 Å². The Morgan fingerprint density at radius 2 is 2.15 bits per heavy atom. The predicted molar refractivity (Wildman–Crippen MR) is 127 cm³/mol. The maximum absolute atomic E-state index is 13.3. The number of nitrogens with one attached hydrogen (secondary N) is 2. The van der Waals surface area contributed by atoms with Crippen LogP contribution in [0.5, 0.6) is 5.75 Å². The van der Waals surface area contributed by atoms with Gasteiger partial charge in [-0.25, -0.2) is 9.97 Å². The van der Waals surface area contributed by atoms with E-state index in [1.165, 1.54) is 5.56 Å². The first-order chi connectivity index (χ1) is 16.6. The van der Waals surface area contributed by atoms with Gasteiger partial charge in [0, 0.05) is 30.9 Å². The van der Waals surface area contributed by atoms with Gasteiger partial charge in [0.1, 0.15) is 12.4 Å². The minimum absolute atomic E-state index is 0.0306. The second-order valence-electron chi connectivity index (χ2n) is 9.25. The van der Waals surface area contributed by atoms with Crippen LogP contribution in [0.2, 0.25) is 0 Å². The van der Waals surface area contributed by atoms with Gasteiger partial charge >= 0.3 is 5.97 Å². The summed E-state index contributed by atoms with van der Waals surface area (Å²) >= 11 is 0. The van der Waals surface area contributed by atoms with Gasteiger partial charge in [-0.3, -0.25) is 9.59 Å². The van der Waals surface area contributed by atoms with Gasteiger partial charge in [-0.1, -0.05) is 6.07 Å². The highest BCUT2D eigenvalue weighted by Crippen LogP contribution is 2.36. The Morgan fingerprint density at radius 1 is 1.26 bits per heavy atom. The third-order valence-electron chi connectivity index (χ3n) is 6.94. The summed E-state index contributed by atoms with van der Waals surface area (Å²) in [5.74, 6) is 1.26. The van der Waals surface area contributed by atoms with Crippen LogP contribution in [0, 0.1) is 5.92 Å².